The number of nitrogens with zero attached hydrogens (tertiary/aromatic N) is 4. The number of para-hydroxylation sites is 2. The molecule has 1 aromatic carbocycles. The SMILES string of the molecule is COc1ccccc1NC(=O)c1cnc(C2CCN(S(=O)(=O)N(C)C)C2)nc1C. The van der Waals surface area contributed by atoms with Gasteiger partial charge in [-0.2, -0.15) is 17.0 Å². The molecular formula is C19H25N5O4S. The van der Waals surface area contributed by atoms with Gasteiger partial charge in [-0.05, 0) is 25.5 Å². The molecule has 1 aliphatic heterocycles. The minimum absolute atomic E-state index is 0.102. The van der Waals surface area contributed by atoms with Crippen LogP contribution >= 0.6 is 0 Å². The van der Waals surface area contributed by atoms with E-state index in [0.29, 0.717) is 48.0 Å². The topological polar surface area (TPSA) is 105 Å². The maximum absolute atomic E-state index is 12.7. The molecule has 1 aromatic heterocycles. The van der Waals surface area contributed by atoms with Crippen LogP contribution in [0.3, 0.4) is 0 Å². The van der Waals surface area contributed by atoms with Crippen molar-refractivity contribution in [2.75, 3.05) is 39.6 Å². The Kier molecular flexibility index (Phi) is 6.15. The zero-order valence-corrected chi connectivity index (χ0v) is 17.7. The molecule has 2 aromatic rings. The average molecular weight is 420 g/mol. The standard InChI is InChI=1S/C19H25N5O4S/c1-13-15(19(25)22-16-7-5-6-8-17(16)28-4)11-20-18(21-13)14-9-10-24(12-14)29(26,27)23(2)3/h5-8,11,14H,9-10,12H2,1-4H3,(H,22,25). The van der Waals surface area contributed by atoms with Crippen molar-refractivity contribution in [2.45, 2.75) is 19.3 Å². The first-order valence-electron chi connectivity index (χ1n) is 9.19. The van der Waals surface area contributed by atoms with E-state index in [1.165, 1.54) is 36.0 Å². The third-order valence-corrected chi connectivity index (χ3v) is 6.81. The van der Waals surface area contributed by atoms with Crippen LogP contribution < -0.4 is 10.1 Å². The highest BCUT2D eigenvalue weighted by atomic mass is 32.2. The van der Waals surface area contributed by atoms with E-state index in [0.717, 1.165) is 0 Å². The molecule has 29 heavy (non-hydrogen) atoms. The van der Waals surface area contributed by atoms with Gasteiger partial charge in [0.1, 0.15) is 11.6 Å². The number of ether oxygens (including phenoxy) is 1. The third kappa shape index (κ3) is 4.39. The Morgan fingerprint density at radius 2 is 2.03 bits per heavy atom. The molecule has 0 aliphatic carbocycles. The fourth-order valence-electron chi connectivity index (χ4n) is 3.22. The Labute approximate surface area is 170 Å². The lowest BCUT2D eigenvalue weighted by Crippen LogP contribution is -2.38. The number of hydrogen-bond donors (Lipinski definition) is 1. The summed E-state index contributed by atoms with van der Waals surface area (Å²) in [7, 11) is 1.11. The minimum Gasteiger partial charge on any atom is -0.495 e. The summed E-state index contributed by atoms with van der Waals surface area (Å²) in [5.41, 5.74) is 1.45. The zero-order chi connectivity index (χ0) is 21.2. The third-order valence-electron chi connectivity index (χ3n) is 4.90. The predicted octanol–water partition coefficient (Wildman–Crippen LogP) is 1.64. The van der Waals surface area contributed by atoms with Crippen LogP contribution in [0.25, 0.3) is 0 Å². The number of anilines is 1. The summed E-state index contributed by atoms with van der Waals surface area (Å²) in [6.45, 7) is 2.49. The van der Waals surface area contributed by atoms with Crippen LogP contribution in [0.2, 0.25) is 0 Å². The quantitative estimate of drug-likeness (QED) is 0.763. The fraction of sp³-hybridized carbons (Fsp3) is 0.421. The Morgan fingerprint density at radius 1 is 1.31 bits per heavy atom. The second kappa shape index (κ2) is 8.44. The number of hydrogen-bond acceptors (Lipinski definition) is 6. The first kappa shape index (κ1) is 21.2. The van der Waals surface area contributed by atoms with E-state index in [-0.39, 0.29) is 11.8 Å². The molecule has 0 saturated carbocycles. The predicted molar refractivity (Wildman–Crippen MR) is 109 cm³/mol. The number of methoxy groups -OCH3 is 1. The minimum atomic E-state index is -3.46. The number of aromatic nitrogens is 2. The van der Waals surface area contributed by atoms with Crippen molar-refractivity contribution in [2.24, 2.45) is 0 Å². The Hall–Kier alpha value is -2.56. The highest BCUT2D eigenvalue weighted by molar-refractivity contribution is 7.86. The number of carbonyl (C=O) groups excluding carboxylic acids is 1. The molecule has 2 heterocycles. The van der Waals surface area contributed by atoms with E-state index < -0.39 is 10.2 Å². The smallest absolute Gasteiger partial charge is 0.281 e. The van der Waals surface area contributed by atoms with Gasteiger partial charge in [0.05, 0.1) is 24.1 Å². The molecule has 1 amide bonds. The van der Waals surface area contributed by atoms with Crippen molar-refractivity contribution in [3.63, 3.8) is 0 Å². The van der Waals surface area contributed by atoms with E-state index in [2.05, 4.69) is 15.3 Å². The number of benzene rings is 1. The van der Waals surface area contributed by atoms with Crippen LogP contribution in [-0.2, 0) is 10.2 Å². The summed E-state index contributed by atoms with van der Waals surface area (Å²) in [4.78, 5) is 21.5. The van der Waals surface area contributed by atoms with Crippen molar-refractivity contribution in [3.8, 4) is 5.75 Å². The van der Waals surface area contributed by atoms with Gasteiger partial charge in [0.15, 0.2) is 0 Å². The van der Waals surface area contributed by atoms with Gasteiger partial charge in [-0.1, -0.05) is 12.1 Å². The largest absolute Gasteiger partial charge is 0.495 e. The van der Waals surface area contributed by atoms with Crippen LogP contribution in [0.1, 0.15) is 34.2 Å². The average Bonchev–Trinajstić information content (AvgIpc) is 3.19. The molecule has 1 saturated heterocycles. The van der Waals surface area contributed by atoms with Gasteiger partial charge in [-0.15, -0.1) is 0 Å². The summed E-state index contributed by atoms with van der Waals surface area (Å²) >= 11 is 0. The Balaban J connectivity index is 1.75. The van der Waals surface area contributed by atoms with E-state index in [4.69, 9.17) is 4.74 Å². The molecule has 1 unspecified atom stereocenters. The molecule has 10 heteroatoms. The lowest BCUT2D eigenvalue weighted by Gasteiger charge is -2.20. The van der Waals surface area contributed by atoms with Gasteiger partial charge in [-0.3, -0.25) is 4.79 Å². The number of carbonyl (C=O) groups is 1. The number of nitrogens with one attached hydrogen (secondary N) is 1. The molecule has 9 nitrogen and oxygen atoms in total. The first-order chi connectivity index (χ1) is 13.7. The van der Waals surface area contributed by atoms with Crippen LogP contribution in [0.15, 0.2) is 30.5 Å². The normalized spacial score (nSPS) is 17.5. The molecule has 1 aliphatic rings. The monoisotopic (exact) mass is 419 g/mol. The first-order valence-corrected chi connectivity index (χ1v) is 10.6. The molecule has 156 valence electrons. The summed E-state index contributed by atoms with van der Waals surface area (Å²) in [5.74, 6) is 0.675. The van der Waals surface area contributed by atoms with Crippen LogP contribution in [0.4, 0.5) is 5.69 Å². The highest BCUT2D eigenvalue weighted by Crippen LogP contribution is 2.28. The molecule has 3 rings (SSSR count). The lowest BCUT2D eigenvalue weighted by molar-refractivity contribution is 0.102. The second-order valence-electron chi connectivity index (χ2n) is 7.02. The summed E-state index contributed by atoms with van der Waals surface area (Å²) in [5, 5.41) is 2.81. The number of rotatable bonds is 6. The Bertz CT molecular complexity index is 1010. The van der Waals surface area contributed by atoms with Crippen molar-refractivity contribution in [3.05, 3.63) is 47.5 Å². The maximum atomic E-state index is 12.7. The van der Waals surface area contributed by atoms with E-state index >= 15 is 0 Å². The molecule has 1 fully saturated rings. The molecule has 1 atom stereocenters. The van der Waals surface area contributed by atoms with Crippen molar-refractivity contribution in [1.82, 2.24) is 18.6 Å². The molecular weight excluding hydrogens is 394 g/mol. The second-order valence-corrected chi connectivity index (χ2v) is 9.16. The summed E-state index contributed by atoms with van der Waals surface area (Å²) in [6.07, 6.45) is 2.13. The highest BCUT2D eigenvalue weighted by Gasteiger charge is 2.34. The van der Waals surface area contributed by atoms with Gasteiger partial charge in [0.2, 0.25) is 0 Å². The van der Waals surface area contributed by atoms with Crippen molar-refractivity contribution < 1.29 is 17.9 Å². The molecule has 0 bridgehead atoms. The number of aryl methyl sites for hydroxylation is 1. The van der Waals surface area contributed by atoms with E-state index in [1.54, 1.807) is 25.1 Å². The van der Waals surface area contributed by atoms with Crippen LogP contribution in [-0.4, -0.2) is 67.2 Å². The van der Waals surface area contributed by atoms with Gasteiger partial charge >= 0.3 is 0 Å². The van der Waals surface area contributed by atoms with Crippen molar-refractivity contribution >= 4 is 21.8 Å². The maximum Gasteiger partial charge on any atom is 0.281 e. The summed E-state index contributed by atoms with van der Waals surface area (Å²) < 4.78 is 32.5. The van der Waals surface area contributed by atoms with Gasteiger partial charge in [0, 0.05) is 39.3 Å². The Morgan fingerprint density at radius 3 is 2.69 bits per heavy atom. The van der Waals surface area contributed by atoms with Crippen molar-refractivity contribution in [1.29, 1.82) is 0 Å². The molecule has 0 radical (unpaired) electrons. The van der Waals surface area contributed by atoms with E-state index in [9.17, 15) is 13.2 Å². The van der Waals surface area contributed by atoms with Gasteiger partial charge in [0.25, 0.3) is 16.1 Å². The van der Waals surface area contributed by atoms with Gasteiger partial charge in [-0.25, -0.2) is 9.97 Å². The fourth-order valence-corrected chi connectivity index (χ4v) is 4.39. The van der Waals surface area contributed by atoms with Crippen LogP contribution in [0, 0.1) is 6.92 Å². The molecule has 1 N–H and O–H groups in total. The number of amides is 1. The lowest BCUT2D eigenvalue weighted by atomic mass is 10.1. The summed E-state index contributed by atoms with van der Waals surface area (Å²) in [6, 6.07) is 7.13. The zero-order valence-electron chi connectivity index (χ0n) is 16.9. The van der Waals surface area contributed by atoms with E-state index in [1.807, 2.05) is 6.07 Å². The van der Waals surface area contributed by atoms with Crippen LogP contribution in [0.5, 0.6) is 5.75 Å². The van der Waals surface area contributed by atoms with Gasteiger partial charge < -0.3 is 10.1 Å². The molecule has 0 spiro atoms.